The number of rotatable bonds is 6. The van der Waals surface area contributed by atoms with Crippen LogP contribution in [0.3, 0.4) is 0 Å². The van der Waals surface area contributed by atoms with Gasteiger partial charge < -0.3 is 4.90 Å². The summed E-state index contributed by atoms with van der Waals surface area (Å²) in [5.41, 5.74) is 2.76. The molecule has 1 amide bonds. The van der Waals surface area contributed by atoms with Crippen LogP contribution in [0.1, 0.15) is 16.3 Å². The van der Waals surface area contributed by atoms with Crippen molar-refractivity contribution in [3.63, 3.8) is 0 Å². The van der Waals surface area contributed by atoms with E-state index >= 15 is 0 Å². The zero-order valence-electron chi connectivity index (χ0n) is 15.4. The van der Waals surface area contributed by atoms with Crippen LogP contribution in [-0.4, -0.2) is 37.8 Å². The first-order valence-electron chi connectivity index (χ1n) is 8.89. The molecule has 0 fully saturated rings. The summed E-state index contributed by atoms with van der Waals surface area (Å²) in [6.45, 7) is 1.12. The van der Waals surface area contributed by atoms with Gasteiger partial charge in [-0.15, -0.1) is 16.4 Å². The maximum atomic E-state index is 12.4. The van der Waals surface area contributed by atoms with Crippen LogP contribution in [0.4, 0.5) is 0 Å². The molecule has 2 aromatic heterocycles. The third kappa shape index (κ3) is 4.32. The van der Waals surface area contributed by atoms with Crippen LogP contribution in [0.15, 0.2) is 66.9 Å². The molecule has 0 atom stereocenters. The Hall–Kier alpha value is -3.32. The fourth-order valence-corrected chi connectivity index (χ4v) is 3.81. The SMILES string of the molecule is CN(Cc1nc2ccccc2s1)C(=O)/C=C/c1cn(Cc2ccccc2)nn1. The van der Waals surface area contributed by atoms with Crippen LogP contribution in [0, 0.1) is 0 Å². The topological polar surface area (TPSA) is 63.9 Å². The van der Waals surface area contributed by atoms with Gasteiger partial charge in [-0.25, -0.2) is 9.67 Å². The number of carbonyl (C=O) groups is 1. The maximum Gasteiger partial charge on any atom is 0.246 e. The number of carbonyl (C=O) groups excluding carboxylic acids is 1. The van der Waals surface area contributed by atoms with Crippen LogP contribution in [0.5, 0.6) is 0 Å². The first-order chi connectivity index (χ1) is 13.7. The Balaban J connectivity index is 1.36. The number of hydrogen-bond donors (Lipinski definition) is 0. The predicted octanol–water partition coefficient (Wildman–Crippen LogP) is 3.61. The Morgan fingerprint density at radius 1 is 1.14 bits per heavy atom. The number of thiazole rings is 1. The highest BCUT2D eigenvalue weighted by Gasteiger charge is 2.10. The number of benzene rings is 2. The summed E-state index contributed by atoms with van der Waals surface area (Å²) in [5.74, 6) is -0.100. The molecule has 0 N–H and O–H groups in total. The number of fused-ring (bicyclic) bond motifs is 1. The van der Waals surface area contributed by atoms with Gasteiger partial charge in [-0.1, -0.05) is 47.7 Å². The average molecular weight is 389 g/mol. The highest BCUT2D eigenvalue weighted by atomic mass is 32.1. The second kappa shape index (κ2) is 8.14. The van der Waals surface area contributed by atoms with Gasteiger partial charge in [-0.05, 0) is 23.8 Å². The third-order valence-corrected chi connectivity index (χ3v) is 5.25. The highest BCUT2D eigenvalue weighted by Crippen LogP contribution is 2.22. The number of amides is 1. The van der Waals surface area contributed by atoms with Crippen LogP contribution >= 0.6 is 11.3 Å². The summed E-state index contributed by atoms with van der Waals surface area (Å²) < 4.78 is 2.88. The summed E-state index contributed by atoms with van der Waals surface area (Å²) in [5, 5.41) is 9.13. The van der Waals surface area contributed by atoms with Crippen molar-refractivity contribution in [2.75, 3.05) is 7.05 Å². The summed E-state index contributed by atoms with van der Waals surface area (Å²) >= 11 is 1.61. The number of nitrogens with zero attached hydrogens (tertiary/aromatic N) is 5. The molecule has 0 spiro atoms. The lowest BCUT2D eigenvalue weighted by Gasteiger charge is -2.12. The van der Waals surface area contributed by atoms with Crippen molar-refractivity contribution in [2.24, 2.45) is 0 Å². The fraction of sp³-hybridized carbons (Fsp3) is 0.143. The summed E-state index contributed by atoms with van der Waals surface area (Å²) in [4.78, 5) is 18.6. The lowest BCUT2D eigenvalue weighted by Crippen LogP contribution is -2.23. The fourth-order valence-electron chi connectivity index (χ4n) is 2.79. The Morgan fingerprint density at radius 2 is 1.93 bits per heavy atom. The zero-order chi connectivity index (χ0) is 19.3. The molecule has 0 aliphatic carbocycles. The molecule has 4 aromatic rings. The van der Waals surface area contributed by atoms with Crippen molar-refractivity contribution in [3.05, 3.63) is 83.1 Å². The molecule has 7 heteroatoms. The van der Waals surface area contributed by atoms with E-state index in [4.69, 9.17) is 0 Å². The van der Waals surface area contributed by atoms with Crippen molar-refractivity contribution in [1.82, 2.24) is 24.9 Å². The lowest BCUT2D eigenvalue weighted by atomic mass is 10.2. The van der Waals surface area contributed by atoms with E-state index in [9.17, 15) is 4.79 Å². The molecule has 0 saturated heterocycles. The normalized spacial score (nSPS) is 11.3. The maximum absolute atomic E-state index is 12.4. The molecule has 140 valence electrons. The van der Waals surface area contributed by atoms with Crippen LogP contribution in [0.25, 0.3) is 16.3 Å². The van der Waals surface area contributed by atoms with E-state index in [0.29, 0.717) is 18.8 Å². The Bertz CT molecular complexity index is 1080. The van der Waals surface area contributed by atoms with Gasteiger partial charge in [0.15, 0.2) is 0 Å². The minimum atomic E-state index is -0.100. The van der Waals surface area contributed by atoms with Gasteiger partial charge in [0.25, 0.3) is 0 Å². The second-order valence-corrected chi connectivity index (χ2v) is 7.54. The molecule has 0 aliphatic heterocycles. The van der Waals surface area contributed by atoms with E-state index in [1.165, 1.54) is 6.08 Å². The monoisotopic (exact) mass is 389 g/mol. The average Bonchev–Trinajstić information content (AvgIpc) is 3.32. The molecule has 2 aromatic carbocycles. The second-order valence-electron chi connectivity index (χ2n) is 6.43. The molecule has 0 saturated carbocycles. The largest absolute Gasteiger partial charge is 0.335 e. The van der Waals surface area contributed by atoms with Crippen molar-refractivity contribution in [3.8, 4) is 0 Å². The zero-order valence-corrected chi connectivity index (χ0v) is 16.2. The standard InChI is InChI=1S/C21H19N5OS/c1-25(15-20-22-18-9-5-6-10-19(18)28-20)21(27)12-11-17-14-26(24-23-17)13-16-7-3-2-4-8-16/h2-12,14H,13,15H2,1H3/b12-11+. The minimum Gasteiger partial charge on any atom is -0.335 e. The summed E-state index contributed by atoms with van der Waals surface area (Å²) in [6, 6.07) is 18.0. The van der Waals surface area contributed by atoms with Gasteiger partial charge in [-0.3, -0.25) is 4.79 Å². The summed E-state index contributed by atoms with van der Waals surface area (Å²) in [7, 11) is 1.77. The van der Waals surface area contributed by atoms with E-state index in [-0.39, 0.29) is 5.91 Å². The Kier molecular flexibility index (Phi) is 5.25. The first kappa shape index (κ1) is 18.1. The Labute approximate surface area is 166 Å². The van der Waals surface area contributed by atoms with Crippen molar-refractivity contribution in [1.29, 1.82) is 0 Å². The molecule has 6 nitrogen and oxygen atoms in total. The van der Waals surface area contributed by atoms with Crippen LogP contribution in [0.2, 0.25) is 0 Å². The van der Waals surface area contributed by atoms with Crippen LogP contribution < -0.4 is 0 Å². The first-order valence-corrected chi connectivity index (χ1v) is 9.71. The number of aromatic nitrogens is 4. The van der Waals surface area contributed by atoms with E-state index in [1.54, 1.807) is 34.0 Å². The molecular formula is C21H19N5OS. The van der Waals surface area contributed by atoms with E-state index in [0.717, 1.165) is 20.8 Å². The van der Waals surface area contributed by atoms with Gasteiger partial charge in [0.05, 0.1) is 29.5 Å². The van der Waals surface area contributed by atoms with Crippen molar-refractivity contribution < 1.29 is 4.79 Å². The molecule has 4 rings (SSSR count). The van der Waals surface area contributed by atoms with E-state index < -0.39 is 0 Å². The van der Waals surface area contributed by atoms with Crippen LogP contribution in [-0.2, 0) is 17.9 Å². The molecule has 0 aliphatic rings. The van der Waals surface area contributed by atoms with Gasteiger partial charge in [0.1, 0.15) is 10.7 Å². The van der Waals surface area contributed by atoms with Gasteiger partial charge in [-0.2, -0.15) is 0 Å². The minimum absolute atomic E-state index is 0.100. The smallest absolute Gasteiger partial charge is 0.246 e. The molecule has 0 radical (unpaired) electrons. The molecular weight excluding hydrogens is 370 g/mol. The molecule has 0 bridgehead atoms. The molecule has 0 unspecified atom stereocenters. The highest BCUT2D eigenvalue weighted by molar-refractivity contribution is 7.18. The third-order valence-electron chi connectivity index (χ3n) is 4.23. The van der Waals surface area contributed by atoms with Crippen molar-refractivity contribution in [2.45, 2.75) is 13.1 Å². The lowest BCUT2D eigenvalue weighted by molar-refractivity contribution is -0.125. The van der Waals surface area contributed by atoms with E-state index in [1.807, 2.05) is 60.8 Å². The van der Waals surface area contributed by atoms with Gasteiger partial charge in [0, 0.05) is 13.1 Å². The van der Waals surface area contributed by atoms with E-state index in [2.05, 4.69) is 15.3 Å². The predicted molar refractivity (Wildman–Crippen MR) is 111 cm³/mol. The molecule has 2 heterocycles. The summed E-state index contributed by atoms with van der Waals surface area (Å²) in [6.07, 6.45) is 5.03. The number of likely N-dealkylation sites (N-methyl/N-ethyl adjacent to an activating group) is 1. The van der Waals surface area contributed by atoms with Gasteiger partial charge >= 0.3 is 0 Å². The quantitative estimate of drug-likeness (QED) is 0.473. The van der Waals surface area contributed by atoms with Gasteiger partial charge in [0.2, 0.25) is 5.91 Å². The number of para-hydroxylation sites is 1. The number of hydrogen-bond acceptors (Lipinski definition) is 5. The molecule has 28 heavy (non-hydrogen) atoms. The Morgan fingerprint density at radius 3 is 2.75 bits per heavy atom. The van der Waals surface area contributed by atoms with Crippen molar-refractivity contribution >= 4 is 33.5 Å².